The van der Waals surface area contributed by atoms with Crippen molar-refractivity contribution in [2.75, 3.05) is 0 Å². The van der Waals surface area contributed by atoms with Gasteiger partial charge in [0.25, 0.3) is 5.91 Å². The minimum absolute atomic E-state index is 0.191. The Morgan fingerprint density at radius 2 is 1.78 bits per heavy atom. The quantitative estimate of drug-likeness (QED) is 0.582. The van der Waals surface area contributed by atoms with E-state index in [1.54, 1.807) is 48.5 Å². The van der Waals surface area contributed by atoms with Crippen molar-refractivity contribution in [3.05, 3.63) is 74.8 Å². The van der Waals surface area contributed by atoms with Crippen molar-refractivity contribution < 1.29 is 19.2 Å². The van der Waals surface area contributed by atoms with E-state index in [1.165, 1.54) is 0 Å². The Bertz CT molecular complexity index is 854. The van der Waals surface area contributed by atoms with Gasteiger partial charge in [-0.1, -0.05) is 23.7 Å². The Morgan fingerprint density at radius 3 is 2.37 bits per heavy atom. The number of amides is 2. The fraction of sp³-hybridized carbons (Fsp3) is 0.222. The van der Waals surface area contributed by atoms with Crippen LogP contribution in [0.25, 0.3) is 0 Å². The zero-order valence-corrected chi connectivity index (χ0v) is 14.8. The number of rotatable bonds is 6. The monoisotopic (exact) mass is 389 g/mol. The van der Waals surface area contributed by atoms with Gasteiger partial charge >= 0.3 is 0 Å². The molecule has 9 heteroatoms. The molecule has 140 valence electrons. The molecule has 8 nitrogen and oxygen atoms in total. The van der Waals surface area contributed by atoms with E-state index < -0.39 is 28.7 Å². The number of benzene rings is 2. The number of halogens is 1. The van der Waals surface area contributed by atoms with Crippen molar-refractivity contribution in [1.29, 1.82) is 0 Å². The van der Waals surface area contributed by atoms with E-state index in [-0.39, 0.29) is 6.42 Å². The highest BCUT2D eigenvalue weighted by molar-refractivity contribution is 6.30. The van der Waals surface area contributed by atoms with Gasteiger partial charge in [0, 0.05) is 21.9 Å². The second kappa shape index (κ2) is 8.05. The Morgan fingerprint density at radius 1 is 1.11 bits per heavy atom. The smallest absolute Gasteiger partial charge is 0.269 e. The molecule has 0 saturated heterocycles. The molecule has 2 N–H and O–H groups in total. The lowest BCUT2D eigenvalue weighted by Crippen LogP contribution is -2.43. The van der Waals surface area contributed by atoms with Crippen molar-refractivity contribution in [2.24, 2.45) is 5.92 Å². The summed E-state index contributed by atoms with van der Waals surface area (Å²) in [6.45, 7) is 0.324. The maximum Gasteiger partial charge on any atom is 0.269 e. The van der Waals surface area contributed by atoms with E-state index >= 15 is 0 Å². The van der Waals surface area contributed by atoms with Crippen molar-refractivity contribution in [3.63, 3.8) is 0 Å². The molecule has 0 heterocycles. The van der Waals surface area contributed by atoms with Crippen molar-refractivity contribution in [2.45, 2.75) is 19.1 Å². The van der Waals surface area contributed by atoms with Gasteiger partial charge in [-0.25, -0.2) is 0 Å². The van der Waals surface area contributed by atoms with Crippen LogP contribution in [0.4, 0.5) is 0 Å². The summed E-state index contributed by atoms with van der Waals surface area (Å²) < 4.78 is 5.62. The number of nitrogens with zero attached hydrogens (tertiary/aromatic N) is 1. The summed E-state index contributed by atoms with van der Waals surface area (Å²) in [7, 11) is 0. The summed E-state index contributed by atoms with van der Waals surface area (Å²) >= 11 is 5.81. The highest BCUT2D eigenvalue weighted by Gasteiger charge is 2.53. The van der Waals surface area contributed by atoms with Crippen LogP contribution in [0.5, 0.6) is 5.75 Å². The fourth-order valence-corrected chi connectivity index (χ4v) is 2.56. The molecule has 0 radical (unpaired) electrons. The molecule has 0 unspecified atom stereocenters. The average Bonchev–Trinajstić information content (AvgIpc) is 3.47. The van der Waals surface area contributed by atoms with E-state index in [0.29, 0.717) is 22.9 Å². The normalized spacial score (nSPS) is 17.7. The molecule has 2 aromatic carbocycles. The van der Waals surface area contributed by atoms with E-state index in [0.717, 1.165) is 5.56 Å². The molecule has 2 atom stereocenters. The molecule has 2 amide bonds. The number of carbonyl (C=O) groups is 2. The van der Waals surface area contributed by atoms with Gasteiger partial charge < -0.3 is 4.74 Å². The molecular formula is C18H16ClN3O5. The predicted octanol–water partition coefficient (Wildman–Crippen LogP) is 2.35. The Hall–Kier alpha value is -3.13. The minimum Gasteiger partial charge on any atom is -0.489 e. The minimum atomic E-state index is -0.859. The maximum atomic E-state index is 12.0. The van der Waals surface area contributed by atoms with Crippen LogP contribution in [0.3, 0.4) is 0 Å². The summed E-state index contributed by atoms with van der Waals surface area (Å²) in [6.07, 6.45) is 0.191. The number of hydrazine groups is 1. The van der Waals surface area contributed by atoms with Crippen molar-refractivity contribution in [1.82, 2.24) is 10.9 Å². The molecule has 0 bridgehead atoms. The Kier molecular flexibility index (Phi) is 5.56. The van der Waals surface area contributed by atoms with E-state index in [4.69, 9.17) is 16.3 Å². The standard InChI is InChI=1S/C18H16ClN3O5/c19-13-5-7-14(8-6-13)27-10-11-1-3-12(4-2-11)17(23)20-21-18(24)15-9-16(15)22(25)26/h1-8,15-16H,9-10H2,(H,20,23)(H,21,24)/t15-,16+/m1/s1. The average molecular weight is 390 g/mol. The summed E-state index contributed by atoms with van der Waals surface area (Å²) in [5, 5.41) is 11.2. The third kappa shape index (κ3) is 4.95. The van der Waals surface area contributed by atoms with Crippen LogP contribution in [0.15, 0.2) is 48.5 Å². The predicted molar refractivity (Wildman–Crippen MR) is 96.7 cm³/mol. The first-order chi connectivity index (χ1) is 12.9. The van der Waals surface area contributed by atoms with Gasteiger partial charge in [0.2, 0.25) is 11.9 Å². The van der Waals surface area contributed by atoms with Crippen molar-refractivity contribution in [3.8, 4) is 5.75 Å². The lowest BCUT2D eigenvalue weighted by Gasteiger charge is -2.08. The van der Waals surface area contributed by atoms with Crippen LogP contribution in [0.1, 0.15) is 22.3 Å². The fourth-order valence-electron chi connectivity index (χ4n) is 2.43. The second-order valence-electron chi connectivity index (χ2n) is 6.08. The van der Waals surface area contributed by atoms with Crippen LogP contribution in [0, 0.1) is 16.0 Å². The van der Waals surface area contributed by atoms with E-state index in [9.17, 15) is 19.7 Å². The topological polar surface area (TPSA) is 111 Å². The number of nitrogens with one attached hydrogen (secondary N) is 2. The van der Waals surface area contributed by atoms with Gasteiger partial charge in [0.15, 0.2) is 0 Å². The van der Waals surface area contributed by atoms with Gasteiger partial charge in [-0.05, 0) is 42.0 Å². The Labute approximate surface area is 159 Å². The van der Waals surface area contributed by atoms with Gasteiger partial charge in [-0.3, -0.25) is 30.6 Å². The molecule has 1 saturated carbocycles. The van der Waals surface area contributed by atoms with E-state index in [2.05, 4.69) is 10.9 Å². The van der Waals surface area contributed by atoms with Gasteiger partial charge in [0.05, 0.1) is 0 Å². The first-order valence-electron chi connectivity index (χ1n) is 8.15. The van der Waals surface area contributed by atoms with Crippen LogP contribution in [-0.2, 0) is 11.4 Å². The maximum absolute atomic E-state index is 12.0. The first kappa shape index (κ1) is 18.7. The zero-order valence-electron chi connectivity index (χ0n) is 14.1. The zero-order chi connectivity index (χ0) is 19.4. The second-order valence-corrected chi connectivity index (χ2v) is 6.51. The Balaban J connectivity index is 1.46. The molecular weight excluding hydrogens is 374 g/mol. The molecule has 0 aromatic heterocycles. The number of hydrogen-bond donors (Lipinski definition) is 2. The molecule has 3 rings (SSSR count). The highest BCUT2D eigenvalue weighted by Crippen LogP contribution is 2.32. The lowest BCUT2D eigenvalue weighted by atomic mass is 10.1. The van der Waals surface area contributed by atoms with Crippen LogP contribution in [-0.4, -0.2) is 22.8 Å². The SMILES string of the molecule is O=C(NNC(=O)[C@@H]1C[C@@H]1[N+](=O)[O-])c1ccc(COc2ccc(Cl)cc2)cc1. The number of carbonyl (C=O) groups excluding carboxylic acids is 2. The lowest BCUT2D eigenvalue weighted by molar-refractivity contribution is -0.497. The number of nitro groups is 1. The van der Waals surface area contributed by atoms with Gasteiger partial charge in [-0.15, -0.1) is 0 Å². The highest BCUT2D eigenvalue weighted by atomic mass is 35.5. The number of ether oxygens (including phenoxy) is 1. The largest absolute Gasteiger partial charge is 0.489 e. The molecule has 1 aliphatic rings. The number of hydrogen-bond acceptors (Lipinski definition) is 5. The third-order valence-corrected chi connectivity index (χ3v) is 4.35. The molecule has 2 aromatic rings. The molecule has 1 aliphatic carbocycles. The summed E-state index contributed by atoms with van der Waals surface area (Å²) in [5.74, 6) is -1.07. The van der Waals surface area contributed by atoms with Crippen LogP contribution < -0.4 is 15.6 Å². The first-order valence-corrected chi connectivity index (χ1v) is 8.53. The van der Waals surface area contributed by atoms with Crippen LogP contribution in [0.2, 0.25) is 5.02 Å². The molecule has 0 spiro atoms. The molecule has 0 aliphatic heterocycles. The third-order valence-electron chi connectivity index (χ3n) is 4.10. The molecule has 1 fully saturated rings. The van der Waals surface area contributed by atoms with Gasteiger partial charge in [-0.2, -0.15) is 0 Å². The van der Waals surface area contributed by atoms with Crippen LogP contribution >= 0.6 is 11.6 Å². The summed E-state index contributed by atoms with van der Waals surface area (Å²) in [5.41, 5.74) is 5.67. The van der Waals surface area contributed by atoms with Crippen molar-refractivity contribution >= 4 is 23.4 Å². The summed E-state index contributed by atoms with van der Waals surface area (Å²) in [4.78, 5) is 33.8. The molecule has 27 heavy (non-hydrogen) atoms. The van der Waals surface area contributed by atoms with Gasteiger partial charge in [0.1, 0.15) is 18.3 Å². The van der Waals surface area contributed by atoms with E-state index in [1.807, 2.05) is 0 Å². The summed E-state index contributed by atoms with van der Waals surface area (Å²) in [6, 6.07) is 12.8.